The highest BCUT2D eigenvalue weighted by molar-refractivity contribution is 6.36. The van der Waals surface area contributed by atoms with E-state index in [9.17, 15) is 9.18 Å². The van der Waals surface area contributed by atoms with Gasteiger partial charge >= 0.3 is 0 Å². The molecule has 0 bridgehead atoms. The van der Waals surface area contributed by atoms with Crippen LogP contribution in [0.15, 0.2) is 60.8 Å². The lowest BCUT2D eigenvalue weighted by molar-refractivity contribution is 0.0945. The van der Waals surface area contributed by atoms with E-state index in [1.807, 2.05) is 0 Å². The van der Waals surface area contributed by atoms with Crippen LogP contribution < -0.4 is 5.32 Å². The molecule has 4 rings (SSSR count). The Bertz CT molecular complexity index is 1290. The van der Waals surface area contributed by atoms with Gasteiger partial charge < -0.3 is 5.32 Å². The van der Waals surface area contributed by atoms with Crippen molar-refractivity contribution >= 4 is 40.7 Å². The fourth-order valence-corrected chi connectivity index (χ4v) is 3.82. The van der Waals surface area contributed by atoms with Crippen molar-refractivity contribution in [3.63, 3.8) is 0 Å². The van der Waals surface area contributed by atoms with Crippen LogP contribution in [-0.2, 0) is 6.54 Å². The molecule has 0 fully saturated rings. The number of imidazole rings is 1. The van der Waals surface area contributed by atoms with E-state index >= 15 is 0 Å². The fraction of sp³-hybridized carbons (Fsp3) is 0.0870. The molecule has 0 aliphatic rings. The molecule has 0 saturated carbocycles. The van der Waals surface area contributed by atoms with Gasteiger partial charge in [-0.2, -0.15) is 0 Å². The number of hydrogen-bond donors (Lipinski definition) is 1. The van der Waals surface area contributed by atoms with Gasteiger partial charge in [-0.1, -0.05) is 46.9 Å². The monoisotopic (exact) mass is 488 g/mol. The maximum absolute atomic E-state index is 13.1. The zero-order valence-electron chi connectivity index (χ0n) is 16.7. The second-order valence-corrected chi connectivity index (χ2v) is 8.25. The molecule has 0 aliphatic heterocycles. The van der Waals surface area contributed by atoms with Gasteiger partial charge in [-0.05, 0) is 55.0 Å². The number of hydrogen-bond acceptors (Lipinski definition) is 3. The first-order chi connectivity index (χ1) is 15.3. The summed E-state index contributed by atoms with van der Waals surface area (Å²) in [4.78, 5) is 21.9. The van der Waals surface area contributed by atoms with Crippen LogP contribution in [0.5, 0.6) is 0 Å². The third-order valence-corrected chi connectivity index (χ3v) is 5.57. The highest BCUT2D eigenvalue weighted by Gasteiger charge is 2.23. The maximum atomic E-state index is 13.1. The van der Waals surface area contributed by atoms with Crippen LogP contribution >= 0.6 is 34.8 Å². The number of aromatic nitrogens is 3. The fourth-order valence-electron chi connectivity index (χ4n) is 3.22. The van der Waals surface area contributed by atoms with E-state index in [1.54, 1.807) is 54.0 Å². The molecule has 9 heteroatoms. The smallest absolute Gasteiger partial charge is 0.272 e. The van der Waals surface area contributed by atoms with Gasteiger partial charge in [0, 0.05) is 23.3 Å². The molecule has 2 heterocycles. The molecule has 4 aromatic rings. The number of carbonyl (C=O) groups is 1. The molecular formula is C23H16Cl3FN4O. The van der Waals surface area contributed by atoms with Gasteiger partial charge in [-0.25, -0.2) is 14.4 Å². The van der Waals surface area contributed by atoms with Gasteiger partial charge in [0.25, 0.3) is 5.91 Å². The van der Waals surface area contributed by atoms with Crippen LogP contribution in [0.1, 0.15) is 21.7 Å². The lowest BCUT2D eigenvalue weighted by atomic mass is 10.2. The van der Waals surface area contributed by atoms with E-state index < -0.39 is 0 Å². The summed E-state index contributed by atoms with van der Waals surface area (Å²) in [5.41, 5.74) is 2.13. The van der Waals surface area contributed by atoms with Crippen molar-refractivity contribution < 1.29 is 9.18 Å². The Kier molecular flexibility index (Phi) is 6.46. The lowest BCUT2D eigenvalue weighted by Crippen LogP contribution is -2.24. The highest BCUT2D eigenvalue weighted by Crippen LogP contribution is 2.33. The number of rotatable bonds is 5. The molecule has 1 amide bonds. The molecule has 0 atom stereocenters. The van der Waals surface area contributed by atoms with Crippen LogP contribution in [0, 0.1) is 12.7 Å². The van der Waals surface area contributed by atoms with Gasteiger partial charge in [0.2, 0.25) is 0 Å². The maximum Gasteiger partial charge on any atom is 0.272 e. The number of halogens is 4. The van der Waals surface area contributed by atoms with Crippen molar-refractivity contribution in [3.8, 4) is 17.2 Å². The van der Waals surface area contributed by atoms with Gasteiger partial charge in [-0.15, -0.1) is 0 Å². The molecule has 0 spiro atoms. The summed E-state index contributed by atoms with van der Waals surface area (Å²) in [6.45, 7) is 1.99. The second kappa shape index (κ2) is 9.28. The number of carbonyl (C=O) groups excluding carboxylic acids is 1. The number of nitrogens with zero attached hydrogens (tertiary/aromatic N) is 3. The molecule has 0 radical (unpaired) electrons. The van der Waals surface area contributed by atoms with Crippen molar-refractivity contribution in [3.05, 3.63) is 98.6 Å². The van der Waals surface area contributed by atoms with Crippen LogP contribution in [0.3, 0.4) is 0 Å². The van der Waals surface area contributed by atoms with Gasteiger partial charge in [0.05, 0.1) is 15.7 Å². The standard InChI is InChI=1S/C23H16Cl3FN4O/c1-13-21(23(32)29-11-14-2-6-17(27)7-3-14)30-22(18-8-4-15(24)10-19(18)26)31(13)20-9-5-16(25)12-28-20/h2-10,12H,11H2,1H3,(H,29,32). The van der Waals surface area contributed by atoms with Crippen LogP contribution in [0.4, 0.5) is 4.39 Å². The molecule has 32 heavy (non-hydrogen) atoms. The lowest BCUT2D eigenvalue weighted by Gasteiger charge is -2.11. The first-order valence-corrected chi connectivity index (χ1v) is 10.7. The first-order valence-electron chi connectivity index (χ1n) is 9.53. The van der Waals surface area contributed by atoms with E-state index in [1.165, 1.54) is 18.3 Å². The summed E-state index contributed by atoms with van der Waals surface area (Å²) < 4.78 is 14.9. The molecule has 0 unspecified atom stereocenters. The number of nitrogens with one attached hydrogen (secondary N) is 1. The van der Waals surface area contributed by atoms with E-state index in [-0.39, 0.29) is 24.0 Å². The average Bonchev–Trinajstić information content (AvgIpc) is 3.10. The number of benzene rings is 2. The van der Waals surface area contributed by atoms with Crippen molar-refractivity contribution in [2.24, 2.45) is 0 Å². The topological polar surface area (TPSA) is 59.8 Å². The highest BCUT2D eigenvalue weighted by atomic mass is 35.5. The Morgan fingerprint density at radius 2 is 1.75 bits per heavy atom. The van der Waals surface area contributed by atoms with Crippen LogP contribution in [0.2, 0.25) is 15.1 Å². The third-order valence-electron chi connectivity index (χ3n) is 4.80. The molecule has 2 aromatic carbocycles. The Morgan fingerprint density at radius 1 is 1.03 bits per heavy atom. The molecule has 1 N–H and O–H groups in total. The number of amides is 1. The molecule has 5 nitrogen and oxygen atoms in total. The molecule has 162 valence electrons. The zero-order chi connectivity index (χ0) is 22.8. The van der Waals surface area contributed by atoms with Crippen LogP contribution in [-0.4, -0.2) is 20.4 Å². The number of pyridine rings is 1. The summed E-state index contributed by atoms with van der Waals surface area (Å²) >= 11 is 18.5. The van der Waals surface area contributed by atoms with Crippen LogP contribution in [0.25, 0.3) is 17.2 Å². The molecule has 0 saturated heterocycles. The summed E-state index contributed by atoms with van der Waals surface area (Å²) in [5, 5.41) is 4.17. The molecule has 2 aromatic heterocycles. The minimum atomic E-state index is -0.383. The summed E-state index contributed by atoms with van der Waals surface area (Å²) in [7, 11) is 0. The average molecular weight is 490 g/mol. The normalized spacial score (nSPS) is 10.9. The Labute approximate surface area is 198 Å². The van der Waals surface area contributed by atoms with E-state index in [0.29, 0.717) is 38.0 Å². The summed E-state index contributed by atoms with van der Waals surface area (Å²) in [6.07, 6.45) is 1.51. The van der Waals surface area contributed by atoms with Gasteiger partial charge in [0.1, 0.15) is 23.2 Å². The zero-order valence-corrected chi connectivity index (χ0v) is 19.0. The van der Waals surface area contributed by atoms with E-state index in [2.05, 4.69) is 15.3 Å². The Balaban J connectivity index is 1.75. The predicted molar refractivity (Wildman–Crippen MR) is 124 cm³/mol. The minimum absolute atomic E-state index is 0.213. The summed E-state index contributed by atoms with van der Waals surface area (Å²) in [5.74, 6) is 0.240. The van der Waals surface area contributed by atoms with Crippen molar-refractivity contribution in [1.82, 2.24) is 19.9 Å². The minimum Gasteiger partial charge on any atom is -0.347 e. The van der Waals surface area contributed by atoms with Crippen molar-refractivity contribution in [2.45, 2.75) is 13.5 Å². The largest absolute Gasteiger partial charge is 0.347 e. The quantitative estimate of drug-likeness (QED) is 0.359. The molecular weight excluding hydrogens is 474 g/mol. The Hall–Kier alpha value is -2.93. The van der Waals surface area contributed by atoms with Gasteiger partial charge in [-0.3, -0.25) is 9.36 Å². The predicted octanol–water partition coefficient (Wildman–Crippen LogP) is 6.27. The first kappa shape index (κ1) is 22.3. The second-order valence-electron chi connectivity index (χ2n) is 6.97. The summed E-state index contributed by atoms with van der Waals surface area (Å²) in [6, 6.07) is 14.4. The van der Waals surface area contributed by atoms with E-state index in [4.69, 9.17) is 34.8 Å². The van der Waals surface area contributed by atoms with Crippen molar-refractivity contribution in [1.29, 1.82) is 0 Å². The van der Waals surface area contributed by atoms with Crippen molar-refractivity contribution in [2.75, 3.05) is 0 Å². The van der Waals surface area contributed by atoms with Gasteiger partial charge in [0.15, 0.2) is 0 Å². The Morgan fingerprint density at radius 3 is 2.41 bits per heavy atom. The molecule has 0 aliphatic carbocycles. The van der Waals surface area contributed by atoms with E-state index in [0.717, 1.165) is 5.56 Å². The third kappa shape index (κ3) is 4.63. The SMILES string of the molecule is Cc1c(C(=O)NCc2ccc(F)cc2)nc(-c2ccc(Cl)cc2Cl)n1-c1ccc(Cl)cn1.